The third-order valence-corrected chi connectivity index (χ3v) is 9.89. The molecule has 0 radical (unpaired) electrons. The number of likely N-dealkylation sites (tertiary alicyclic amines) is 1. The average Bonchev–Trinajstić information content (AvgIpc) is 3.51. The number of furan rings is 1. The zero-order valence-corrected chi connectivity index (χ0v) is 28.3. The van der Waals surface area contributed by atoms with Gasteiger partial charge in [0, 0.05) is 55.6 Å². The molecule has 2 aliphatic heterocycles. The van der Waals surface area contributed by atoms with Crippen molar-refractivity contribution in [2.24, 2.45) is 5.92 Å². The molecule has 3 aliphatic rings. The van der Waals surface area contributed by atoms with E-state index in [4.69, 9.17) is 35.0 Å². The molecule has 11 nitrogen and oxygen atoms in total. The summed E-state index contributed by atoms with van der Waals surface area (Å²) in [4.78, 5) is 56.7. The summed E-state index contributed by atoms with van der Waals surface area (Å²) in [5.74, 6) is -0.239. The zero-order chi connectivity index (χ0) is 34.2. The minimum atomic E-state index is -1.95. The van der Waals surface area contributed by atoms with Gasteiger partial charge in [0.2, 0.25) is 29.0 Å². The molecular formula is C36H39ClN2O9. The molecule has 2 aromatic carbocycles. The Hall–Kier alpha value is -4.51. The van der Waals surface area contributed by atoms with Crippen LogP contribution >= 0.6 is 11.6 Å². The summed E-state index contributed by atoms with van der Waals surface area (Å²) in [7, 11) is 4.40. The zero-order valence-electron chi connectivity index (χ0n) is 27.5. The van der Waals surface area contributed by atoms with E-state index in [1.807, 2.05) is 4.90 Å². The minimum absolute atomic E-state index is 0.0163. The highest BCUT2D eigenvalue weighted by Crippen LogP contribution is 2.54. The molecule has 1 fully saturated rings. The molecule has 6 rings (SSSR count). The van der Waals surface area contributed by atoms with Gasteiger partial charge in [0.15, 0.2) is 5.75 Å². The molecule has 2 atom stereocenters. The Bertz CT molecular complexity index is 1770. The Kier molecular flexibility index (Phi) is 9.42. The predicted molar refractivity (Wildman–Crippen MR) is 177 cm³/mol. The highest BCUT2D eigenvalue weighted by atomic mass is 35.5. The summed E-state index contributed by atoms with van der Waals surface area (Å²) >= 11 is 6.61. The second-order valence-corrected chi connectivity index (χ2v) is 12.8. The number of rotatable bonds is 10. The van der Waals surface area contributed by atoms with E-state index in [2.05, 4.69) is 5.32 Å². The van der Waals surface area contributed by atoms with Crippen LogP contribution in [0.15, 0.2) is 34.7 Å². The normalized spacial score (nSPS) is 20.2. The van der Waals surface area contributed by atoms with Crippen LogP contribution in [-0.4, -0.2) is 74.8 Å². The van der Waals surface area contributed by atoms with Crippen LogP contribution in [0.5, 0.6) is 23.0 Å². The van der Waals surface area contributed by atoms with Gasteiger partial charge in [-0.2, -0.15) is 0 Å². The molecule has 0 saturated carbocycles. The fourth-order valence-electron chi connectivity index (χ4n) is 6.97. The van der Waals surface area contributed by atoms with E-state index in [1.165, 1.54) is 20.3 Å². The first kappa shape index (κ1) is 33.4. The molecule has 1 spiro atoms. The number of hydrogen-bond acceptors (Lipinski definition) is 9. The number of fused-ring (bicyclic) bond motifs is 2. The number of carbonyl (C=O) groups is 4. The Morgan fingerprint density at radius 2 is 1.73 bits per heavy atom. The largest absolute Gasteiger partial charge is 0.497 e. The van der Waals surface area contributed by atoms with Crippen LogP contribution < -0.4 is 24.3 Å². The van der Waals surface area contributed by atoms with E-state index in [9.17, 15) is 19.2 Å². The summed E-state index contributed by atoms with van der Waals surface area (Å²) in [5, 5.41) is 2.99. The first-order valence-electron chi connectivity index (χ1n) is 16.2. The maximum absolute atomic E-state index is 14.7. The van der Waals surface area contributed by atoms with E-state index in [0.29, 0.717) is 54.3 Å². The SMILES string of the molecule is COc1ccc(-c2oc3c(c2CC(=O)NCCCN2CCCCCC2=O)C(=O)[C@@]2(Oc4c(Cl)c(OC)cc(OC)c4C2=O)[C@H](C)C3)cc1. The molecule has 1 aromatic heterocycles. The van der Waals surface area contributed by atoms with Crippen molar-refractivity contribution >= 4 is 35.0 Å². The second kappa shape index (κ2) is 13.5. The van der Waals surface area contributed by atoms with E-state index in [0.717, 1.165) is 25.8 Å². The van der Waals surface area contributed by atoms with Gasteiger partial charge in [0.25, 0.3) is 0 Å². The molecule has 3 heterocycles. The lowest BCUT2D eigenvalue weighted by Gasteiger charge is -2.35. The molecule has 0 bridgehead atoms. The molecule has 2 amide bonds. The number of amides is 2. The van der Waals surface area contributed by atoms with E-state index in [1.54, 1.807) is 38.3 Å². The lowest BCUT2D eigenvalue weighted by molar-refractivity contribution is -0.130. The summed E-state index contributed by atoms with van der Waals surface area (Å²) in [6.07, 6.45) is 4.09. The van der Waals surface area contributed by atoms with Crippen molar-refractivity contribution in [3.63, 3.8) is 0 Å². The van der Waals surface area contributed by atoms with Crippen LogP contribution in [0.2, 0.25) is 5.02 Å². The monoisotopic (exact) mass is 678 g/mol. The fraction of sp³-hybridized carbons (Fsp3) is 0.444. The highest BCUT2D eigenvalue weighted by Gasteiger charge is 2.63. The summed E-state index contributed by atoms with van der Waals surface area (Å²) in [5.41, 5.74) is -0.751. The molecule has 1 saturated heterocycles. The van der Waals surface area contributed by atoms with E-state index >= 15 is 0 Å². The molecule has 3 aromatic rings. The quantitative estimate of drug-likeness (QED) is 0.219. The number of methoxy groups -OCH3 is 3. The van der Waals surface area contributed by atoms with Crippen molar-refractivity contribution in [1.29, 1.82) is 0 Å². The van der Waals surface area contributed by atoms with Gasteiger partial charge in [-0.15, -0.1) is 0 Å². The molecule has 0 unspecified atom stereocenters. The first-order chi connectivity index (χ1) is 23.1. The average molecular weight is 679 g/mol. The van der Waals surface area contributed by atoms with E-state index < -0.39 is 23.1 Å². The second-order valence-electron chi connectivity index (χ2n) is 12.4. The van der Waals surface area contributed by atoms with Crippen LogP contribution in [0, 0.1) is 5.92 Å². The van der Waals surface area contributed by atoms with Gasteiger partial charge in [-0.25, -0.2) is 0 Å². The number of ketones is 2. The molecule has 254 valence electrons. The van der Waals surface area contributed by atoms with Gasteiger partial charge >= 0.3 is 0 Å². The molecular weight excluding hydrogens is 640 g/mol. The van der Waals surface area contributed by atoms with Crippen LogP contribution in [0.25, 0.3) is 11.3 Å². The van der Waals surface area contributed by atoms with E-state index in [-0.39, 0.29) is 58.1 Å². The lowest BCUT2D eigenvalue weighted by Crippen LogP contribution is -2.56. The Balaban J connectivity index is 1.33. The third kappa shape index (κ3) is 5.67. The summed E-state index contributed by atoms with van der Waals surface area (Å²) in [6.45, 7) is 3.40. The van der Waals surface area contributed by atoms with Crippen LogP contribution in [0.3, 0.4) is 0 Å². The minimum Gasteiger partial charge on any atom is -0.497 e. The van der Waals surface area contributed by atoms with Crippen molar-refractivity contribution in [3.8, 4) is 34.3 Å². The number of benzene rings is 2. The van der Waals surface area contributed by atoms with Crippen molar-refractivity contribution in [1.82, 2.24) is 10.2 Å². The Morgan fingerprint density at radius 1 is 1.00 bits per heavy atom. The van der Waals surface area contributed by atoms with Gasteiger partial charge in [-0.1, -0.05) is 24.9 Å². The first-order valence-corrected chi connectivity index (χ1v) is 16.6. The Morgan fingerprint density at radius 3 is 2.44 bits per heavy atom. The Labute approximate surface area is 283 Å². The third-order valence-electron chi connectivity index (χ3n) is 9.54. The van der Waals surface area contributed by atoms with Crippen molar-refractivity contribution in [2.45, 2.75) is 57.5 Å². The molecule has 48 heavy (non-hydrogen) atoms. The van der Waals surface area contributed by atoms with Gasteiger partial charge in [0.1, 0.15) is 39.4 Å². The number of Topliss-reactive ketones (excluding diaryl/α,β-unsaturated/α-hetero) is 2. The van der Waals surface area contributed by atoms with Crippen molar-refractivity contribution in [3.05, 3.63) is 57.8 Å². The van der Waals surface area contributed by atoms with Gasteiger partial charge in [0.05, 0.1) is 33.3 Å². The van der Waals surface area contributed by atoms with Crippen LogP contribution in [-0.2, 0) is 22.4 Å². The van der Waals surface area contributed by atoms with Crippen LogP contribution in [0.1, 0.15) is 71.1 Å². The predicted octanol–water partition coefficient (Wildman–Crippen LogP) is 5.47. The number of ether oxygens (including phenoxy) is 4. The number of nitrogens with one attached hydrogen (secondary N) is 1. The number of nitrogens with zero attached hydrogens (tertiary/aromatic N) is 1. The number of halogens is 1. The maximum Gasteiger partial charge on any atom is 0.237 e. The topological polar surface area (TPSA) is 134 Å². The number of hydrogen-bond donors (Lipinski definition) is 1. The molecule has 12 heteroatoms. The van der Waals surface area contributed by atoms with Gasteiger partial charge in [-0.05, 0) is 43.5 Å². The fourth-order valence-corrected chi connectivity index (χ4v) is 7.24. The number of carbonyl (C=O) groups excluding carboxylic acids is 4. The summed E-state index contributed by atoms with van der Waals surface area (Å²) in [6, 6.07) is 8.59. The van der Waals surface area contributed by atoms with Gasteiger partial charge in [-0.3, -0.25) is 19.2 Å². The van der Waals surface area contributed by atoms with Crippen molar-refractivity contribution < 1.29 is 42.5 Å². The molecule has 1 aliphatic carbocycles. The lowest BCUT2D eigenvalue weighted by atomic mass is 9.70. The van der Waals surface area contributed by atoms with Crippen LogP contribution in [0.4, 0.5) is 0 Å². The van der Waals surface area contributed by atoms with Crippen molar-refractivity contribution in [2.75, 3.05) is 41.0 Å². The summed E-state index contributed by atoms with van der Waals surface area (Å²) < 4.78 is 28.9. The standard InChI is InChI=1S/C36H39ClN2O9/c1-20-17-25-29(34(42)36(20)35(43)30-24(45-3)19-26(46-4)31(37)33(30)48-36)23(32(47-25)21-10-12-22(44-2)13-11-21)18-27(40)38-14-8-16-39-15-7-5-6-9-28(39)41/h10-13,19-20H,5-9,14-18H2,1-4H3,(H,38,40)/t20-,36+/m1/s1. The maximum atomic E-state index is 14.7. The smallest absolute Gasteiger partial charge is 0.237 e. The molecule has 1 N–H and O–H groups in total. The van der Waals surface area contributed by atoms with Gasteiger partial charge < -0.3 is 33.6 Å². The highest BCUT2D eigenvalue weighted by molar-refractivity contribution is 6.36.